The van der Waals surface area contributed by atoms with Gasteiger partial charge in [0.15, 0.2) is 10.9 Å². The first-order valence-corrected chi connectivity index (χ1v) is 8.42. The molecule has 4 nitrogen and oxygen atoms in total. The van der Waals surface area contributed by atoms with Crippen LogP contribution in [0.1, 0.15) is 39.2 Å². The zero-order valence-corrected chi connectivity index (χ0v) is 14.9. The van der Waals surface area contributed by atoms with Gasteiger partial charge in [-0.15, -0.1) is 0 Å². The van der Waals surface area contributed by atoms with Crippen LogP contribution in [0.5, 0.6) is 0 Å². The van der Waals surface area contributed by atoms with E-state index in [0.29, 0.717) is 10.8 Å². The Balaban J connectivity index is 1.70. The second-order valence-corrected chi connectivity index (χ2v) is 7.81. The number of fused-ring (bicyclic) bond motifs is 2. The van der Waals surface area contributed by atoms with Crippen molar-refractivity contribution in [1.29, 1.82) is 0 Å². The van der Waals surface area contributed by atoms with Crippen LogP contribution in [0.15, 0.2) is 29.4 Å². The van der Waals surface area contributed by atoms with Gasteiger partial charge < -0.3 is 5.32 Å². The van der Waals surface area contributed by atoms with Gasteiger partial charge in [0.05, 0.1) is 0 Å². The van der Waals surface area contributed by atoms with E-state index >= 15 is 0 Å². The predicted molar refractivity (Wildman–Crippen MR) is 97.6 cm³/mol. The lowest BCUT2D eigenvalue weighted by Gasteiger charge is -2.31. The topological polar surface area (TPSA) is 53.5 Å². The fraction of sp³-hybridized carbons (Fsp3) is 0.500. The number of nitrogens with one attached hydrogen (secondary N) is 2. The van der Waals surface area contributed by atoms with E-state index in [1.54, 1.807) is 0 Å². The molecule has 2 saturated carbocycles. The van der Waals surface area contributed by atoms with Crippen LogP contribution in [0.2, 0.25) is 0 Å². The van der Waals surface area contributed by atoms with Gasteiger partial charge in [-0.25, -0.2) is 0 Å². The molecule has 2 aliphatic carbocycles. The summed E-state index contributed by atoms with van der Waals surface area (Å²) in [6, 6.07) is 7.95. The van der Waals surface area contributed by atoms with Gasteiger partial charge >= 0.3 is 0 Å². The van der Waals surface area contributed by atoms with E-state index in [4.69, 9.17) is 12.2 Å². The summed E-state index contributed by atoms with van der Waals surface area (Å²) in [5.41, 5.74) is 5.27. The molecule has 2 fully saturated rings. The van der Waals surface area contributed by atoms with Crippen molar-refractivity contribution in [3.8, 4) is 0 Å². The maximum atomic E-state index is 12.7. The Morgan fingerprint density at radius 3 is 2.48 bits per heavy atom. The molecule has 0 aliphatic heterocycles. The fourth-order valence-corrected chi connectivity index (χ4v) is 4.03. The molecule has 0 heterocycles. The van der Waals surface area contributed by atoms with Crippen LogP contribution in [-0.2, 0) is 4.79 Å². The smallest absolute Gasteiger partial charge is 0.191 e. The van der Waals surface area contributed by atoms with Crippen molar-refractivity contribution in [2.45, 2.75) is 40.5 Å². The van der Waals surface area contributed by atoms with Gasteiger partial charge in [0, 0.05) is 17.0 Å². The Kier molecular flexibility index (Phi) is 3.79. The summed E-state index contributed by atoms with van der Waals surface area (Å²) < 4.78 is 0. The molecule has 23 heavy (non-hydrogen) atoms. The number of carbonyl (C=O) groups is 1. The third-order valence-electron chi connectivity index (χ3n) is 5.88. The third kappa shape index (κ3) is 2.47. The van der Waals surface area contributed by atoms with Crippen molar-refractivity contribution in [1.82, 2.24) is 5.43 Å². The van der Waals surface area contributed by atoms with Crippen LogP contribution in [0.3, 0.4) is 0 Å². The second kappa shape index (κ2) is 5.41. The van der Waals surface area contributed by atoms with Crippen LogP contribution in [0, 0.1) is 23.7 Å². The van der Waals surface area contributed by atoms with Gasteiger partial charge in [-0.1, -0.05) is 38.5 Å². The maximum Gasteiger partial charge on any atom is 0.191 e. The number of carbonyl (C=O) groups excluding carboxylic acids is 1. The Morgan fingerprint density at radius 1 is 1.26 bits per heavy atom. The highest BCUT2D eigenvalue weighted by atomic mass is 32.1. The Hall–Kier alpha value is -1.75. The van der Waals surface area contributed by atoms with Gasteiger partial charge in [0.1, 0.15) is 5.71 Å². The van der Waals surface area contributed by atoms with Crippen molar-refractivity contribution in [2.24, 2.45) is 21.8 Å². The van der Waals surface area contributed by atoms with Crippen LogP contribution in [0.4, 0.5) is 5.69 Å². The number of aryl methyl sites for hydroxylation is 1. The van der Waals surface area contributed by atoms with Crippen molar-refractivity contribution in [3.05, 3.63) is 29.8 Å². The molecule has 1 aromatic rings. The Labute approximate surface area is 142 Å². The van der Waals surface area contributed by atoms with E-state index in [0.717, 1.165) is 18.5 Å². The summed E-state index contributed by atoms with van der Waals surface area (Å²) in [4.78, 5) is 12.7. The number of benzene rings is 1. The maximum absolute atomic E-state index is 12.7. The van der Waals surface area contributed by atoms with E-state index < -0.39 is 0 Å². The van der Waals surface area contributed by atoms with Gasteiger partial charge in [0.25, 0.3) is 0 Å². The molecule has 0 amide bonds. The first-order chi connectivity index (χ1) is 10.8. The minimum Gasteiger partial charge on any atom is -0.331 e. The van der Waals surface area contributed by atoms with Crippen molar-refractivity contribution in [3.63, 3.8) is 0 Å². The lowest BCUT2D eigenvalue weighted by atomic mass is 9.70. The van der Waals surface area contributed by atoms with Crippen LogP contribution in [-0.4, -0.2) is 16.6 Å². The molecule has 0 saturated heterocycles. The lowest BCUT2D eigenvalue weighted by molar-refractivity contribution is -0.123. The van der Waals surface area contributed by atoms with Crippen molar-refractivity contribution in [2.75, 3.05) is 5.32 Å². The van der Waals surface area contributed by atoms with E-state index in [-0.39, 0.29) is 22.5 Å². The molecule has 2 bridgehead atoms. The monoisotopic (exact) mass is 329 g/mol. The second-order valence-electron chi connectivity index (χ2n) is 7.40. The Bertz CT molecular complexity index is 693. The predicted octanol–water partition coefficient (Wildman–Crippen LogP) is 3.66. The number of ketones is 1. The molecule has 2 atom stereocenters. The molecule has 122 valence electrons. The molecule has 5 heteroatoms. The number of hydrogen-bond donors (Lipinski definition) is 2. The van der Waals surface area contributed by atoms with Crippen molar-refractivity contribution < 1.29 is 4.79 Å². The summed E-state index contributed by atoms with van der Waals surface area (Å²) in [7, 11) is 0. The molecule has 2 N–H and O–H groups in total. The van der Waals surface area contributed by atoms with Crippen LogP contribution >= 0.6 is 12.2 Å². The first-order valence-electron chi connectivity index (χ1n) is 8.02. The molecule has 3 rings (SSSR count). The minimum absolute atomic E-state index is 0.0311. The largest absolute Gasteiger partial charge is 0.331 e. The quantitative estimate of drug-likeness (QED) is 0.642. The van der Waals surface area contributed by atoms with E-state index in [2.05, 4.69) is 36.6 Å². The average Bonchev–Trinajstić information content (AvgIpc) is 2.80. The summed E-state index contributed by atoms with van der Waals surface area (Å²) in [6.45, 7) is 8.46. The molecule has 0 radical (unpaired) electrons. The van der Waals surface area contributed by atoms with Gasteiger partial charge in [0.2, 0.25) is 0 Å². The minimum atomic E-state index is -0.288. The highest BCUT2D eigenvalue weighted by molar-refractivity contribution is 7.80. The molecule has 0 unspecified atom stereocenters. The average molecular weight is 329 g/mol. The number of hydrazone groups is 1. The SMILES string of the molecule is Cc1ccc(NC(=S)N/N=C2/C(=O)[C@@]3(C)CC[C@@H]2C3(C)C)cc1. The van der Waals surface area contributed by atoms with Crippen LogP contribution < -0.4 is 10.7 Å². The number of hydrogen-bond acceptors (Lipinski definition) is 3. The summed E-state index contributed by atoms with van der Waals surface area (Å²) in [6.07, 6.45) is 1.97. The molecule has 1 aromatic carbocycles. The molecule has 0 aromatic heterocycles. The number of anilines is 1. The fourth-order valence-electron chi connectivity index (χ4n) is 3.86. The molecule has 2 aliphatic rings. The Morgan fingerprint density at radius 2 is 1.91 bits per heavy atom. The zero-order chi connectivity index (χ0) is 16.8. The van der Waals surface area contributed by atoms with Crippen LogP contribution in [0.25, 0.3) is 0 Å². The number of thiocarbonyl (C=S) groups is 1. The molecule has 0 spiro atoms. The molecular weight excluding hydrogens is 306 g/mol. The van der Waals surface area contributed by atoms with E-state index in [1.807, 2.05) is 31.2 Å². The molecular formula is C18H23N3OS. The summed E-state index contributed by atoms with van der Waals surface area (Å²) >= 11 is 5.27. The standard InChI is InChI=1S/C18H23N3OS/c1-11-5-7-12(8-6-11)19-16(23)21-20-14-13-9-10-18(4,15(14)22)17(13,2)3/h5-8,13H,9-10H2,1-4H3,(H2,19,21,23)/b20-14+/t13-,18+/m0/s1. The highest BCUT2D eigenvalue weighted by Gasteiger charge is 2.65. The van der Waals surface area contributed by atoms with Crippen molar-refractivity contribution >= 4 is 34.5 Å². The number of nitrogens with zero attached hydrogens (tertiary/aromatic N) is 1. The summed E-state index contributed by atoms with van der Waals surface area (Å²) in [5.74, 6) is 0.388. The highest BCUT2D eigenvalue weighted by Crippen LogP contribution is 2.62. The number of rotatable bonds is 2. The van der Waals surface area contributed by atoms with E-state index in [9.17, 15) is 4.79 Å². The lowest BCUT2D eigenvalue weighted by Crippen LogP contribution is -2.34. The van der Waals surface area contributed by atoms with E-state index in [1.165, 1.54) is 5.56 Å². The number of Topliss-reactive ketones (excluding diaryl/α,β-unsaturated/α-hetero) is 1. The van der Waals surface area contributed by atoms with Gasteiger partial charge in [-0.3, -0.25) is 10.2 Å². The third-order valence-corrected chi connectivity index (χ3v) is 6.07. The normalized spacial score (nSPS) is 29.8. The van der Waals surface area contributed by atoms with Gasteiger partial charge in [-0.2, -0.15) is 5.10 Å². The zero-order valence-electron chi connectivity index (χ0n) is 14.1. The first kappa shape index (κ1) is 16.1. The summed E-state index contributed by atoms with van der Waals surface area (Å²) in [5, 5.41) is 7.84. The van der Waals surface area contributed by atoms with Gasteiger partial charge in [-0.05, 0) is 49.5 Å².